The minimum absolute atomic E-state index is 0.235. The largest absolute Gasteiger partial charge is 0.396 e. The van der Waals surface area contributed by atoms with Gasteiger partial charge in [-0.1, -0.05) is 23.7 Å². The van der Waals surface area contributed by atoms with Crippen molar-refractivity contribution < 1.29 is 4.39 Å². The molecule has 18 heavy (non-hydrogen) atoms. The van der Waals surface area contributed by atoms with Gasteiger partial charge in [-0.15, -0.1) is 0 Å². The monoisotopic (exact) mass is 262 g/mol. The summed E-state index contributed by atoms with van der Waals surface area (Å²) in [6.07, 6.45) is 0.890. The third-order valence-electron chi connectivity index (χ3n) is 3.26. The summed E-state index contributed by atoms with van der Waals surface area (Å²) in [6.45, 7) is 0.795. The van der Waals surface area contributed by atoms with Crippen LogP contribution in [0.1, 0.15) is 5.56 Å². The summed E-state index contributed by atoms with van der Waals surface area (Å²) in [5.74, 6) is -0.235. The Kier molecular flexibility index (Phi) is 2.63. The molecule has 0 aromatic heterocycles. The van der Waals surface area contributed by atoms with Gasteiger partial charge in [0.15, 0.2) is 0 Å². The van der Waals surface area contributed by atoms with Crippen LogP contribution < -0.4 is 10.6 Å². The highest BCUT2D eigenvalue weighted by molar-refractivity contribution is 6.33. The van der Waals surface area contributed by atoms with Crippen molar-refractivity contribution in [2.45, 2.75) is 6.42 Å². The summed E-state index contributed by atoms with van der Waals surface area (Å²) in [7, 11) is 0. The van der Waals surface area contributed by atoms with Crippen molar-refractivity contribution in [2.75, 3.05) is 17.2 Å². The molecule has 0 spiro atoms. The van der Waals surface area contributed by atoms with Gasteiger partial charge in [0.1, 0.15) is 5.82 Å². The number of nitrogens with two attached hydrogens (primary N) is 1. The highest BCUT2D eigenvalue weighted by atomic mass is 35.5. The van der Waals surface area contributed by atoms with Gasteiger partial charge in [-0.3, -0.25) is 0 Å². The van der Waals surface area contributed by atoms with E-state index in [-0.39, 0.29) is 5.82 Å². The van der Waals surface area contributed by atoms with Gasteiger partial charge in [-0.05, 0) is 36.2 Å². The number of hydrogen-bond donors (Lipinski definition) is 1. The summed E-state index contributed by atoms with van der Waals surface area (Å²) in [5.41, 5.74) is 9.38. The van der Waals surface area contributed by atoms with Crippen LogP contribution in [-0.4, -0.2) is 6.54 Å². The first-order valence-electron chi connectivity index (χ1n) is 5.77. The van der Waals surface area contributed by atoms with Gasteiger partial charge in [0.2, 0.25) is 0 Å². The molecule has 2 aromatic rings. The molecule has 0 saturated heterocycles. The molecule has 2 N–H and O–H groups in total. The summed E-state index contributed by atoms with van der Waals surface area (Å²) < 4.78 is 13.3. The van der Waals surface area contributed by atoms with Crippen molar-refractivity contribution >= 4 is 28.7 Å². The van der Waals surface area contributed by atoms with E-state index in [1.165, 1.54) is 6.07 Å². The lowest BCUT2D eigenvalue weighted by atomic mass is 10.1. The Morgan fingerprint density at radius 3 is 2.83 bits per heavy atom. The van der Waals surface area contributed by atoms with Crippen LogP contribution in [0.25, 0.3) is 0 Å². The fourth-order valence-electron chi connectivity index (χ4n) is 2.36. The maximum atomic E-state index is 13.3. The number of nitrogen functional groups attached to an aromatic ring is 1. The van der Waals surface area contributed by atoms with E-state index in [0.717, 1.165) is 29.9 Å². The molecule has 2 nitrogen and oxygen atoms in total. The zero-order valence-electron chi connectivity index (χ0n) is 9.66. The van der Waals surface area contributed by atoms with E-state index < -0.39 is 0 Å². The van der Waals surface area contributed by atoms with Crippen molar-refractivity contribution in [3.05, 3.63) is 52.8 Å². The third kappa shape index (κ3) is 1.71. The summed E-state index contributed by atoms with van der Waals surface area (Å²) in [6, 6.07) is 10.4. The summed E-state index contributed by atoms with van der Waals surface area (Å²) >= 11 is 6.02. The zero-order valence-corrected chi connectivity index (χ0v) is 10.4. The van der Waals surface area contributed by atoms with E-state index in [2.05, 4.69) is 0 Å². The number of benzene rings is 2. The molecule has 0 radical (unpaired) electrons. The lowest BCUT2D eigenvalue weighted by Crippen LogP contribution is -2.15. The van der Waals surface area contributed by atoms with Crippen LogP contribution in [0.2, 0.25) is 5.02 Å². The molecule has 4 heteroatoms. The van der Waals surface area contributed by atoms with Crippen LogP contribution in [-0.2, 0) is 6.42 Å². The normalized spacial score (nSPS) is 13.8. The minimum Gasteiger partial charge on any atom is -0.396 e. The molecular weight excluding hydrogens is 251 g/mol. The molecule has 0 bridgehead atoms. The number of fused-ring (bicyclic) bond motifs is 1. The lowest BCUT2D eigenvalue weighted by Gasteiger charge is -2.21. The molecule has 1 heterocycles. The second kappa shape index (κ2) is 4.18. The smallest absolute Gasteiger partial charge is 0.125 e. The number of halogens is 2. The number of hydrogen-bond acceptors (Lipinski definition) is 2. The molecule has 0 fully saturated rings. The lowest BCUT2D eigenvalue weighted by molar-refractivity contribution is 0.628. The first-order valence-corrected chi connectivity index (χ1v) is 6.14. The van der Waals surface area contributed by atoms with Gasteiger partial charge in [0.25, 0.3) is 0 Å². The Hall–Kier alpha value is -1.74. The van der Waals surface area contributed by atoms with E-state index in [4.69, 9.17) is 17.3 Å². The Labute approximate surface area is 110 Å². The minimum atomic E-state index is -0.235. The third-order valence-corrected chi connectivity index (χ3v) is 3.59. The van der Waals surface area contributed by atoms with Crippen molar-refractivity contribution in [3.63, 3.8) is 0 Å². The van der Waals surface area contributed by atoms with Gasteiger partial charge in [0, 0.05) is 12.2 Å². The Balaban J connectivity index is 2.11. The number of nitrogens with zero attached hydrogens (tertiary/aromatic N) is 1. The van der Waals surface area contributed by atoms with Crippen LogP contribution in [0.15, 0.2) is 36.4 Å². The molecular formula is C14H12ClFN2. The van der Waals surface area contributed by atoms with Crippen LogP contribution in [0, 0.1) is 5.82 Å². The molecule has 1 aliphatic heterocycles. The van der Waals surface area contributed by atoms with Crippen molar-refractivity contribution in [3.8, 4) is 0 Å². The number of anilines is 3. The Bertz CT molecular complexity index is 613. The summed E-state index contributed by atoms with van der Waals surface area (Å²) in [5, 5.41) is 0.525. The quantitative estimate of drug-likeness (QED) is 0.793. The van der Waals surface area contributed by atoms with Crippen LogP contribution in [0.5, 0.6) is 0 Å². The maximum Gasteiger partial charge on any atom is 0.125 e. The van der Waals surface area contributed by atoms with Gasteiger partial charge in [-0.2, -0.15) is 0 Å². The first kappa shape index (κ1) is 11.4. The highest BCUT2D eigenvalue weighted by Crippen LogP contribution is 2.39. The van der Waals surface area contributed by atoms with E-state index in [1.54, 1.807) is 12.1 Å². The molecule has 0 atom stereocenters. The van der Waals surface area contributed by atoms with Crippen LogP contribution >= 0.6 is 11.6 Å². The first-order chi connectivity index (χ1) is 8.66. The van der Waals surface area contributed by atoms with Crippen molar-refractivity contribution in [1.29, 1.82) is 0 Å². The summed E-state index contributed by atoms with van der Waals surface area (Å²) in [4.78, 5) is 2.01. The van der Waals surface area contributed by atoms with Gasteiger partial charge in [0.05, 0.1) is 16.4 Å². The zero-order chi connectivity index (χ0) is 12.7. The molecule has 0 saturated carbocycles. The van der Waals surface area contributed by atoms with Gasteiger partial charge >= 0.3 is 0 Å². The van der Waals surface area contributed by atoms with Crippen molar-refractivity contribution in [2.24, 2.45) is 0 Å². The second-order valence-electron chi connectivity index (χ2n) is 4.35. The van der Waals surface area contributed by atoms with Gasteiger partial charge < -0.3 is 10.6 Å². The predicted molar refractivity (Wildman–Crippen MR) is 73.0 cm³/mol. The Morgan fingerprint density at radius 1 is 1.17 bits per heavy atom. The average molecular weight is 263 g/mol. The van der Waals surface area contributed by atoms with E-state index in [1.807, 2.05) is 23.1 Å². The number of para-hydroxylation sites is 1. The SMILES string of the molecule is Nc1c(Cl)cccc1N1CCc2ccc(F)cc21. The van der Waals surface area contributed by atoms with Crippen molar-refractivity contribution in [1.82, 2.24) is 0 Å². The predicted octanol–water partition coefficient (Wildman–Crippen LogP) is 3.76. The van der Waals surface area contributed by atoms with Crippen LogP contribution in [0.4, 0.5) is 21.5 Å². The molecule has 92 valence electrons. The standard InChI is InChI=1S/C14H12ClFN2/c15-11-2-1-3-12(14(11)17)18-7-6-9-4-5-10(16)8-13(9)18/h1-5,8H,6-7,17H2. The molecule has 1 aliphatic rings. The Morgan fingerprint density at radius 2 is 2.00 bits per heavy atom. The van der Waals surface area contributed by atoms with Crippen LogP contribution in [0.3, 0.4) is 0 Å². The highest BCUT2D eigenvalue weighted by Gasteiger charge is 2.22. The van der Waals surface area contributed by atoms with E-state index in [9.17, 15) is 4.39 Å². The molecule has 3 rings (SSSR count). The molecule has 0 unspecified atom stereocenters. The second-order valence-corrected chi connectivity index (χ2v) is 4.75. The molecule has 0 amide bonds. The van der Waals surface area contributed by atoms with E-state index >= 15 is 0 Å². The topological polar surface area (TPSA) is 29.3 Å². The number of rotatable bonds is 1. The average Bonchev–Trinajstić information content (AvgIpc) is 2.75. The fraction of sp³-hybridized carbons (Fsp3) is 0.143. The molecule has 0 aliphatic carbocycles. The maximum absolute atomic E-state index is 13.3. The molecule has 2 aromatic carbocycles. The van der Waals surface area contributed by atoms with E-state index in [0.29, 0.717) is 10.7 Å². The van der Waals surface area contributed by atoms with Gasteiger partial charge in [-0.25, -0.2) is 4.39 Å². The fourth-order valence-corrected chi connectivity index (χ4v) is 2.53.